The van der Waals surface area contributed by atoms with Gasteiger partial charge in [0.05, 0.1) is 0 Å². The Morgan fingerprint density at radius 1 is 1.00 bits per heavy atom. The van der Waals surface area contributed by atoms with E-state index in [1.165, 1.54) is 76.2 Å². The molecular weight excluding hydrogens is 383 g/mol. The predicted molar refractivity (Wildman–Crippen MR) is 129 cm³/mol. The molecule has 4 rings (SSSR count). The second kappa shape index (κ2) is 10.7. The number of unbranched alkanes of at least 4 members (excludes halogenated alkanes) is 3. The average molecular weight is 423 g/mol. The molecule has 0 aliphatic heterocycles. The lowest BCUT2D eigenvalue weighted by Crippen LogP contribution is -2.30. The molecule has 2 heteroatoms. The van der Waals surface area contributed by atoms with Gasteiger partial charge in [-0.1, -0.05) is 82.4 Å². The van der Waals surface area contributed by atoms with Gasteiger partial charge in [0.25, 0.3) is 0 Å². The lowest BCUT2D eigenvalue weighted by molar-refractivity contribution is 0.113. The van der Waals surface area contributed by atoms with Gasteiger partial charge >= 0.3 is 0 Å². The number of hydrogen-bond acceptors (Lipinski definition) is 1. The largest absolute Gasteiger partial charge is 0.486 e. The van der Waals surface area contributed by atoms with Gasteiger partial charge in [-0.25, -0.2) is 4.39 Å². The molecule has 2 aromatic carbocycles. The molecule has 168 valence electrons. The first-order valence-corrected chi connectivity index (χ1v) is 12.7. The zero-order valence-corrected chi connectivity index (χ0v) is 19.3. The molecule has 2 fully saturated rings. The van der Waals surface area contributed by atoms with Crippen LogP contribution in [-0.4, -0.2) is 6.61 Å². The number of fused-ring (bicyclic) bond motifs is 2. The van der Waals surface area contributed by atoms with Gasteiger partial charge in [-0.3, -0.25) is 0 Å². The molecule has 0 bridgehead atoms. The summed E-state index contributed by atoms with van der Waals surface area (Å²) in [5, 5.41) is 1.64. The van der Waals surface area contributed by atoms with Crippen molar-refractivity contribution in [3.05, 3.63) is 54.4 Å². The molecule has 4 atom stereocenters. The van der Waals surface area contributed by atoms with E-state index in [4.69, 9.17) is 4.74 Å². The summed E-state index contributed by atoms with van der Waals surface area (Å²) in [6.45, 7) is 6.26. The molecule has 0 amide bonds. The molecule has 0 radical (unpaired) electrons. The Balaban J connectivity index is 1.37. The summed E-state index contributed by atoms with van der Waals surface area (Å²) in [6.07, 6.45) is 17.0. The maximum Gasteiger partial charge on any atom is 0.172 e. The predicted octanol–water partition coefficient (Wildman–Crippen LogP) is 8.81. The Bertz CT molecular complexity index is 872. The summed E-state index contributed by atoms with van der Waals surface area (Å²) < 4.78 is 20.2. The van der Waals surface area contributed by atoms with Crippen LogP contribution in [0.4, 0.5) is 4.39 Å². The standard InChI is InChI=1S/C29H39FO/c1-3-5-6-7-8-21-9-10-23-19-24(12-11-22(23)18-21)25-13-15-27-26(20-25)14-16-28(29(27)30)31-17-4-2/h4,13-16,20-24H,2-3,5-12,17-19H2,1H3. The number of rotatable bonds is 9. The van der Waals surface area contributed by atoms with E-state index in [1.807, 2.05) is 12.1 Å². The zero-order valence-electron chi connectivity index (χ0n) is 19.3. The number of benzene rings is 2. The molecule has 0 aromatic heterocycles. The van der Waals surface area contributed by atoms with Gasteiger partial charge in [-0.05, 0) is 72.8 Å². The van der Waals surface area contributed by atoms with Crippen LogP contribution in [0.1, 0.15) is 89.0 Å². The van der Waals surface area contributed by atoms with Crippen LogP contribution in [0.25, 0.3) is 10.8 Å². The van der Waals surface area contributed by atoms with Crippen LogP contribution in [0.5, 0.6) is 5.75 Å². The monoisotopic (exact) mass is 422 g/mol. The topological polar surface area (TPSA) is 9.23 Å². The zero-order chi connectivity index (χ0) is 21.6. The smallest absolute Gasteiger partial charge is 0.172 e. The van der Waals surface area contributed by atoms with Gasteiger partial charge in [-0.2, -0.15) is 0 Å². The summed E-state index contributed by atoms with van der Waals surface area (Å²) in [7, 11) is 0. The lowest BCUT2D eigenvalue weighted by Gasteiger charge is -2.42. The van der Waals surface area contributed by atoms with Crippen LogP contribution in [0.15, 0.2) is 43.0 Å². The molecule has 0 N–H and O–H groups in total. The van der Waals surface area contributed by atoms with E-state index in [-0.39, 0.29) is 5.82 Å². The number of hydrogen-bond donors (Lipinski definition) is 0. The Hall–Kier alpha value is -1.83. The highest BCUT2D eigenvalue weighted by Crippen LogP contribution is 2.48. The van der Waals surface area contributed by atoms with E-state index < -0.39 is 0 Å². The first-order valence-electron chi connectivity index (χ1n) is 12.7. The highest BCUT2D eigenvalue weighted by molar-refractivity contribution is 5.85. The molecule has 1 nitrogen and oxygen atoms in total. The van der Waals surface area contributed by atoms with Gasteiger partial charge in [0.2, 0.25) is 0 Å². The summed E-state index contributed by atoms with van der Waals surface area (Å²) in [5.41, 5.74) is 1.40. The Morgan fingerprint density at radius 2 is 1.84 bits per heavy atom. The van der Waals surface area contributed by atoms with Crippen molar-refractivity contribution in [3.8, 4) is 5.75 Å². The Labute approximate surface area is 188 Å². The van der Waals surface area contributed by atoms with E-state index in [0.29, 0.717) is 23.7 Å². The minimum atomic E-state index is -0.258. The van der Waals surface area contributed by atoms with Crippen molar-refractivity contribution < 1.29 is 9.13 Å². The van der Waals surface area contributed by atoms with Crippen molar-refractivity contribution in [1.29, 1.82) is 0 Å². The number of halogens is 1. The minimum absolute atomic E-state index is 0.258. The van der Waals surface area contributed by atoms with Gasteiger partial charge < -0.3 is 4.74 Å². The van der Waals surface area contributed by atoms with Crippen LogP contribution in [-0.2, 0) is 0 Å². The molecule has 31 heavy (non-hydrogen) atoms. The van der Waals surface area contributed by atoms with E-state index in [2.05, 4.69) is 25.6 Å². The second-order valence-electron chi connectivity index (χ2n) is 10.0. The van der Waals surface area contributed by atoms with Crippen molar-refractivity contribution in [1.82, 2.24) is 0 Å². The molecule has 0 spiro atoms. The van der Waals surface area contributed by atoms with E-state index in [9.17, 15) is 4.39 Å². The Kier molecular flexibility index (Phi) is 7.69. The quantitative estimate of drug-likeness (QED) is 0.290. The second-order valence-corrected chi connectivity index (χ2v) is 10.0. The molecule has 2 aliphatic rings. The van der Waals surface area contributed by atoms with Crippen LogP contribution in [0, 0.1) is 23.6 Å². The maximum atomic E-state index is 14.8. The summed E-state index contributed by atoms with van der Waals surface area (Å²) >= 11 is 0. The molecule has 2 saturated carbocycles. The lowest BCUT2D eigenvalue weighted by atomic mass is 9.63. The van der Waals surface area contributed by atoms with Crippen LogP contribution in [0.3, 0.4) is 0 Å². The maximum absolute atomic E-state index is 14.8. The average Bonchev–Trinajstić information content (AvgIpc) is 2.81. The van der Waals surface area contributed by atoms with E-state index in [0.717, 1.165) is 23.1 Å². The molecule has 2 aliphatic carbocycles. The van der Waals surface area contributed by atoms with E-state index in [1.54, 1.807) is 12.1 Å². The third-order valence-electron chi connectivity index (χ3n) is 7.96. The van der Waals surface area contributed by atoms with Crippen LogP contribution < -0.4 is 4.74 Å². The van der Waals surface area contributed by atoms with E-state index >= 15 is 0 Å². The molecule has 4 unspecified atom stereocenters. The summed E-state index contributed by atoms with van der Waals surface area (Å²) in [5.74, 6) is 3.51. The third kappa shape index (κ3) is 5.33. The molecule has 0 heterocycles. The Morgan fingerprint density at radius 3 is 2.68 bits per heavy atom. The van der Waals surface area contributed by atoms with Gasteiger partial charge in [-0.15, -0.1) is 0 Å². The first kappa shape index (κ1) is 22.4. The van der Waals surface area contributed by atoms with Crippen LogP contribution >= 0.6 is 0 Å². The van der Waals surface area contributed by atoms with Crippen LogP contribution in [0.2, 0.25) is 0 Å². The fraction of sp³-hybridized carbons (Fsp3) is 0.586. The third-order valence-corrected chi connectivity index (χ3v) is 7.96. The normalized spacial score (nSPS) is 25.9. The highest BCUT2D eigenvalue weighted by atomic mass is 19.1. The van der Waals surface area contributed by atoms with Crippen molar-refractivity contribution in [2.24, 2.45) is 17.8 Å². The van der Waals surface area contributed by atoms with Crippen molar-refractivity contribution in [2.45, 2.75) is 83.5 Å². The molecule has 0 saturated heterocycles. The van der Waals surface area contributed by atoms with Gasteiger partial charge in [0.15, 0.2) is 11.6 Å². The number of ether oxygens (including phenoxy) is 1. The van der Waals surface area contributed by atoms with Gasteiger partial charge in [0.1, 0.15) is 6.61 Å². The minimum Gasteiger partial charge on any atom is -0.486 e. The SMILES string of the molecule is C=CCOc1ccc2cc(C3CCC4CC(CCCCCC)CCC4C3)ccc2c1F. The van der Waals surface area contributed by atoms with Crippen molar-refractivity contribution in [2.75, 3.05) is 6.61 Å². The van der Waals surface area contributed by atoms with Crippen molar-refractivity contribution in [3.63, 3.8) is 0 Å². The molecular formula is C29H39FO. The highest BCUT2D eigenvalue weighted by Gasteiger charge is 2.35. The fourth-order valence-corrected chi connectivity index (χ4v) is 6.22. The summed E-state index contributed by atoms with van der Waals surface area (Å²) in [6, 6.07) is 10.1. The first-order chi connectivity index (χ1) is 15.2. The van der Waals surface area contributed by atoms with Crippen molar-refractivity contribution >= 4 is 10.8 Å². The van der Waals surface area contributed by atoms with Gasteiger partial charge in [0, 0.05) is 5.39 Å². The fourth-order valence-electron chi connectivity index (χ4n) is 6.22. The molecule has 2 aromatic rings. The summed E-state index contributed by atoms with van der Waals surface area (Å²) in [4.78, 5) is 0.